The van der Waals surface area contributed by atoms with Crippen LogP contribution in [0.25, 0.3) is 0 Å². The Kier molecular flexibility index (Phi) is 7.15. The normalized spacial score (nSPS) is 10.8. The van der Waals surface area contributed by atoms with Gasteiger partial charge in [0.25, 0.3) is 0 Å². The first kappa shape index (κ1) is 16.6. The minimum atomic E-state index is -0.433. The molecular weight excluding hydrogens is 259 g/mol. The first-order valence-electron chi connectivity index (χ1n) is 7.08. The summed E-state index contributed by atoms with van der Waals surface area (Å²) in [6.45, 7) is 8.59. The zero-order chi connectivity index (χ0) is 15.0. The van der Waals surface area contributed by atoms with Gasteiger partial charge in [0, 0.05) is 25.3 Å². The van der Waals surface area contributed by atoms with E-state index in [4.69, 9.17) is 15.2 Å². The van der Waals surface area contributed by atoms with Crippen molar-refractivity contribution in [1.29, 1.82) is 0 Å². The van der Waals surface area contributed by atoms with E-state index in [2.05, 4.69) is 19.2 Å². The molecule has 0 aliphatic carbocycles. The summed E-state index contributed by atoms with van der Waals surface area (Å²) in [4.78, 5) is 0. The highest BCUT2D eigenvalue weighted by Crippen LogP contribution is 2.28. The third-order valence-electron chi connectivity index (χ3n) is 2.58. The number of anilines is 2. The van der Waals surface area contributed by atoms with Crippen LogP contribution in [-0.2, 0) is 4.74 Å². The predicted octanol–water partition coefficient (Wildman–Crippen LogP) is 3.28. The van der Waals surface area contributed by atoms with Gasteiger partial charge < -0.3 is 20.5 Å². The van der Waals surface area contributed by atoms with E-state index in [1.807, 2.05) is 6.92 Å². The van der Waals surface area contributed by atoms with E-state index >= 15 is 0 Å². The molecule has 20 heavy (non-hydrogen) atoms. The fourth-order valence-electron chi connectivity index (χ4n) is 1.62. The molecule has 0 saturated carbocycles. The molecule has 1 rings (SSSR count). The Morgan fingerprint density at radius 1 is 1.30 bits per heavy atom. The molecule has 1 aromatic rings. The van der Waals surface area contributed by atoms with Crippen molar-refractivity contribution >= 4 is 11.4 Å². The molecule has 0 bridgehead atoms. The smallest absolute Gasteiger partial charge is 0.167 e. The molecule has 0 saturated heterocycles. The molecule has 3 N–H and O–H groups in total. The summed E-state index contributed by atoms with van der Waals surface area (Å²) in [6, 6.07) is 2.88. The highest BCUT2D eigenvalue weighted by Gasteiger charge is 2.08. The number of halogens is 1. The van der Waals surface area contributed by atoms with Gasteiger partial charge in [-0.2, -0.15) is 0 Å². The van der Waals surface area contributed by atoms with Crippen molar-refractivity contribution in [1.82, 2.24) is 0 Å². The van der Waals surface area contributed by atoms with Crippen LogP contribution in [0.3, 0.4) is 0 Å². The number of nitrogens with one attached hydrogen (secondary N) is 1. The van der Waals surface area contributed by atoms with Crippen LogP contribution >= 0.6 is 0 Å². The molecule has 0 radical (unpaired) electrons. The second kappa shape index (κ2) is 8.64. The van der Waals surface area contributed by atoms with Crippen LogP contribution in [-0.4, -0.2) is 26.4 Å². The quantitative estimate of drug-likeness (QED) is 0.540. The number of ether oxygens (including phenoxy) is 2. The third-order valence-corrected chi connectivity index (χ3v) is 2.58. The van der Waals surface area contributed by atoms with Crippen molar-refractivity contribution in [2.45, 2.75) is 27.2 Å². The van der Waals surface area contributed by atoms with E-state index in [9.17, 15) is 4.39 Å². The van der Waals surface area contributed by atoms with Crippen molar-refractivity contribution in [2.75, 3.05) is 37.4 Å². The maximum Gasteiger partial charge on any atom is 0.167 e. The molecule has 0 aliphatic heterocycles. The highest BCUT2D eigenvalue weighted by atomic mass is 19.1. The van der Waals surface area contributed by atoms with Crippen molar-refractivity contribution in [3.8, 4) is 5.75 Å². The van der Waals surface area contributed by atoms with Crippen molar-refractivity contribution in [2.24, 2.45) is 5.92 Å². The maximum atomic E-state index is 13.6. The fourth-order valence-corrected chi connectivity index (χ4v) is 1.62. The summed E-state index contributed by atoms with van der Waals surface area (Å²) < 4.78 is 24.4. The first-order valence-corrected chi connectivity index (χ1v) is 7.08. The number of hydrogen-bond donors (Lipinski definition) is 2. The molecule has 0 aliphatic rings. The largest absolute Gasteiger partial charge is 0.490 e. The molecule has 4 nitrogen and oxygen atoms in total. The number of hydrogen-bond acceptors (Lipinski definition) is 4. The average molecular weight is 284 g/mol. The van der Waals surface area contributed by atoms with E-state index in [1.165, 1.54) is 6.07 Å². The summed E-state index contributed by atoms with van der Waals surface area (Å²) in [7, 11) is 0. The summed E-state index contributed by atoms with van der Waals surface area (Å²) in [5, 5.41) is 3.13. The van der Waals surface area contributed by atoms with Crippen LogP contribution in [0.5, 0.6) is 5.75 Å². The van der Waals surface area contributed by atoms with Crippen molar-refractivity contribution < 1.29 is 13.9 Å². The van der Waals surface area contributed by atoms with Crippen molar-refractivity contribution in [3.63, 3.8) is 0 Å². The van der Waals surface area contributed by atoms with Gasteiger partial charge in [0.05, 0.1) is 24.6 Å². The molecule has 0 aromatic heterocycles. The topological polar surface area (TPSA) is 56.5 Å². The van der Waals surface area contributed by atoms with E-state index in [1.54, 1.807) is 6.07 Å². The molecule has 0 atom stereocenters. The van der Waals surface area contributed by atoms with Crippen LogP contribution in [0.4, 0.5) is 15.8 Å². The van der Waals surface area contributed by atoms with Crippen LogP contribution in [0.15, 0.2) is 12.1 Å². The summed E-state index contributed by atoms with van der Waals surface area (Å²) >= 11 is 0. The molecular formula is C15H25FN2O2. The molecule has 1 aromatic carbocycles. The van der Waals surface area contributed by atoms with Gasteiger partial charge in [0.1, 0.15) is 0 Å². The van der Waals surface area contributed by atoms with Crippen molar-refractivity contribution in [3.05, 3.63) is 17.9 Å². The molecule has 5 heteroatoms. The van der Waals surface area contributed by atoms with Gasteiger partial charge in [-0.25, -0.2) is 4.39 Å². The van der Waals surface area contributed by atoms with E-state index in [-0.39, 0.29) is 5.75 Å². The predicted molar refractivity (Wildman–Crippen MR) is 80.7 cm³/mol. The lowest BCUT2D eigenvalue weighted by Gasteiger charge is -2.13. The Bertz CT molecular complexity index is 411. The Labute approximate surface area is 120 Å². The Balaban J connectivity index is 2.51. The highest BCUT2D eigenvalue weighted by molar-refractivity contribution is 5.68. The molecule has 0 amide bonds. The molecule has 0 heterocycles. The third kappa shape index (κ3) is 5.65. The van der Waals surface area contributed by atoms with Crippen LogP contribution < -0.4 is 15.8 Å². The van der Waals surface area contributed by atoms with E-state index < -0.39 is 5.82 Å². The zero-order valence-corrected chi connectivity index (χ0v) is 12.5. The minimum absolute atomic E-state index is 0.228. The van der Waals surface area contributed by atoms with E-state index in [0.717, 1.165) is 13.0 Å². The van der Waals surface area contributed by atoms with Gasteiger partial charge >= 0.3 is 0 Å². The average Bonchev–Trinajstić information content (AvgIpc) is 2.39. The maximum absolute atomic E-state index is 13.6. The lowest BCUT2D eigenvalue weighted by molar-refractivity contribution is 0.118. The SMILES string of the molecule is CCCOc1cc(NCCOCC(C)C)c(N)cc1F. The summed E-state index contributed by atoms with van der Waals surface area (Å²) in [5.74, 6) is 0.309. The monoisotopic (exact) mass is 284 g/mol. The minimum Gasteiger partial charge on any atom is -0.490 e. The van der Waals surface area contributed by atoms with Gasteiger partial charge in [0.15, 0.2) is 11.6 Å². The first-order chi connectivity index (χ1) is 9.54. The standard InChI is InChI=1S/C15H25FN2O2/c1-4-6-20-15-9-14(13(17)8-12(15)16)18-5-7-19-10-11(2)3/h8-9,11,18H,4-7,10,17H2,1-3H3. The van der Waals surface area contributed by atoms with E-state index in [0.29, 0.717) is 37.1 Å². The van der Waals surface area contributed by atoms with Crippen LogP contribution in [0.2, 0.25) is 0 Å². The molecule has 0 unspecified atom stereocenters. The number of nitrogens with two attached hydrogens (primary N) is 1. The second-order valence-corrected chi connectivity index (χ2v) is 5.11. The second-order valence-electron chi connectivity index (χ2n) is 5.11. The number of benzene rings is 1. The zero-order valence-electron chi connectivity index (χ0n) is 12.5. The van der Waals surface area contributed by atoms with Gasteiger partial charge in [-0.3, -0.25) is 0 Å². The summed E-state index contributed by atoms with van der Waals surface area (Å²) in [6.07, 6.45) is 0.829. The van der Waals surface area contributed by atoms with Gasteiger partial charge in [-0.15, -0.1) is 0 Å². The lowest BCUT2D eigenvalue weighted by atomic mass is 10.2. The summed E-state index contributed by atoms with van der Waals surface area (Å²) in [5.41, 5.74) is 6.83. The van der Waals surface area contributed by atoms with Gasteiger partial charge in [-0.1, -0.05) is 20.8 Å². The molecule has 0 spiro atoms. The Hall–Kier alpha value is -1.49. The number of nitrogen functional groups attached to an aromatic ring is 1. The van der Waals surface area contributed by atoms with Gasteiger partial charge in [-0.05, 0) is 12.3 Å². The van der Waals surface area contributed by atoms with Crippen LogP contribution in [0, 0.1) is 11.7 Å². The fraction of sp³-hybridized carbons (Fsp3) is 0.600. The molecule has 114 valence electrons. The number of rotatable bonds is 9. The Morgan fingerprint density at radius 3 is 2.70 bits per heavy atom. The Morgan fingerprint density at radius 2 is 2.05 bits per heavy atom. The van der Waals surface area contributed by atoms with Crippen LogP contribution in [0.1, 0.15) is 27.2 Å². The molecule has 0 fully saturated rings. The lowest BCUT2D eigenvalue weighted by Crippen LogP contribution is -2.13. The van der Waals surface area contributed by atoms with Gasteiger partial charge in [0.2, 0.25) is 0 Å².